The Balaban J connectivity index is 1.55. The Hall–Kier alpha value is -4.44. The van der Waals surface area contributed by atoms with Gasteiger partial charge in [0.25, 0.3) is 5.78 Å². The summed E-state index contributed by atoms with van der Waals surface area (Å²) in [5.74, 6) is -0.837. The van der Waals surface area contributed by atoms with Crippen molar-refractivity contribution in [1.29, 1.82) is 0 Å². The molecule has 204 valence electrons. The number of anilines is 1. The standard InChI is InChI=1S/C30H25FN2O6S/c1-4-38-22-10-5-16(13-23(22)37-3)26-25(27(34)17-6-9-21-18(12-17)11-15(2)39-21)28(35)29(36)33(26)30-32-20-8-7-19(31)14-24(20)40-30/h5-10,12-15,26,34H,4,11H2,1-3H3/t15-,26-/m1/s1. The van der Waals surface area contributed by atoms with Gasteiger partial charge in [0.15, 0.2) is 16.6 Å². The molecule has 1 saturated heterocycles. The zero-order valence-corrected chi connectivity index (χ0v) is 22.8. The maximum Gasteiger partial charge on any atom is 0.301 e. The van der Waals surface area contributed by atoms with Gasteiger partial charge in [-0.1, -0.05) is 17.4 Å². The molecule has 0 radical (unpaired) electrons. The van der Waals surface area contributed by atoms with Gasteiger partial charge in [-0.25, -0.2) is 9.37 Å². The lowest BCUT2D eigenvalue weighted by Gasteiger charge is -2.24. The number of hydrogen-bond donors (Lipinski definition) is 1. The Bertz CT molecular complexity index is 1710. The predicted octanol–water partition coefficient (Wildman–Crippen LogP) is 5.79. The molecule has 40 heavy (non-hydrogen) atoms. The average Bonchev–Trinajstić information content (AvgIpc) is 3.60. The molecule has 0 saturated carbocycles. The number of ketones is 1. The number of aliphatic hydroxyl groups excluding tert-OH is 1. The van der Waals surface area contributed by atoms with Crippen LogP contribution in [0.1, 0.15) is 36.6 Å². The van der Waals surface area contributed by atoms with E-state index in [2.05, 4.69) is 4.98 Å². The molecule has 8 nitrogen and oxygen atoms in total. The Morgan fingerprint density at radius 2 is 1.98 bits per heavy atom. The SMILES string of the molecule is CCOc1ccc([C@@H]2C(=C(O)c3ccc4c(c3)C[C@@H](C)O4)C(=O)C(=O)N2c2nc3ccc(F)cc3s2)cc1OC. The fraction of sp³-hybridized carbons (Fsp3) is 0.233. The average molecular weight is 561 g/mol. The third kappa shape index (κ3) is 4.24. The number of nitrogens with zero attached hydrogens (tertiary/aromatic N) is 2. The van der Waals surface area contributed by atoms with E-state index in [1.54, 1.807) is 36.4 Å². The number of methoxy groups -OCH3 is 1. The van der Waals surface area contributed by atoms with E-state index in [4.69, 9.17) is 14.2 Å². The summed E-state index contributed by atoms with van der Waals surface area (Å²) in [4.78, 5) is 33.0. The van der Waals surface area contributed by atoms with E-state index in [-0.39, 0.29) is 22.6 Å². The summed E-state index contributed by atoms with van der Waals surface area (Å²) in [6, 6.07) is 13.4. The Morgan fingerprint density at radius 3 is 2.75 bits per heavy atom. The van der Waals surface area contributed by atoms with Crippen molar-refractivity contribution in [2.45, 2.75) is 32.4 Å². The Morgan fingerprint density at radius 1 is 1.15 bits per heavy atom. The highest BCUT2D eigenvalue weighted by molar-refractivity contribution is 7.22. The van der Waals surface area contributed by atoms with Gasteiger partial charge < -0.3 is 19.3 Å². The number of Topliss-reactive ketones (excluding diaryl/α,β-unsaturated/α-hetero) is 1. The molecular weight excluding hydrogens is 535 g/mol. The summed E-state index contributed by atoms with van der Waals surface area (Å²) < 4.78 is 31.4. The fourth-order valence-corrected chi connectivity index (χ4v) is 6.21. The number of hydrogen-bond acceptors (Lipinski definition) is 8. The van der Waals surface area contributed by atoms with Crippen LogP contribution < -0.4 is 19.1 Å². The van der Waals surface area contributed by atoms with Gasteiger partial charge in [0.2, 0.25) is 0 Å². The van der Waals surface area contributed by atoms with Gasteiger partial charge in [0.1, 0.15) is 23.4 Å². The molecule has 0 spiro atoms. The topological polar surface area (TPSA) is 98.2 Å². The van der Waals surface area contributed by atoms with Crippen LogP contribution in [-0.2, 0) is 16.0 Å². The van der Waals surface area contributed by atoms with E-state index < -0.39 is 23.5 Å². The van der Waals surface area contributed by atoms with Crippen molar-refractivity contribution in [3.63, 3.8) is 0 Å². The van der Waals surface area contributed by atoms with E-state index in [0.29, 0.717) is 45.9 Å². The van der Waals surface area contributed by atoms with Crippen molar-refractivity contribution in [3.05, 3.63) is 82.7 Å². The van der Waals surface area contributed by atoms with E-state index in [0.717, 1.165) is 22.6 Å². The van der Waals surface area contributed by atoms with Gasteiger partial charge in [-0.3, -0.25) is 14.5 Å². The predicted molar refractivity (Wildman–Crippen MR) is 149 cm³/mol. The lowest BCUT2D eigenvalue weighted by molar-refractivity contribution is -0.132. The van der Waals surface area contributed by atoms with E-state index >= 15 is 0 Å². The van der Waals surface area contributed by atoms with E-state index in [9.17, 15) is 19.1 Å². The van der Waals surface area contributed by atoms with Gasteiger partial charge in [-0.05, 0) is 73.5 Å². The van der Waals surface area contributed by atoms with Crippen molar-refractivity contribution in [2.24, 2.45) is 0 Å². The number of carbonyl (C=O) groups excluding carboxylic acids is 2. The highest BCUT2D eigenvalue weighted by Crippen LogP contribution is 2.46. The van der Waals surface area contributed by atoms with Gasteiger partial charge in [-0.15, -0.1) is 0 Å². The normalized spacial score (nSPS) is 19.6. The van der Waals surface area contributed by atoms with Crippen molar-refractivity contribution < 1.29 is 33.3 Å². The summed E-state index contributed by atoms with van der Waals surface area (Å²) >= 11 is 1.09. The molecule has 1 N–H and O–H groups in total. The first kappa shape index (κ1) is 25.8. The minimum atomic E-state index is -1.03. The monoisotopic (exact) mass is 560 g/mol. The molecule has 1 aromatic heterocycles. The number of aliphatic hydroxyl groups is 1. The van der Waals surface area contributed by atoms with Crippen molar-refractivity contribution in [3.8, 4) is 17.2 Å². The minimum absolute atomic E-state index is 0.00170. The number of amides is 1. The van der Waals surface area contributed by atoms with Crippen LogP contribution in [0.2, 0.25) is 0 Å². The van der Waals surface area contributed by atoms with Crippen molar-refractivity contribution >= 4 is 44.1 Å². The third-order valence-corrected chi connectivity index (χ3v) is 7.98. The minimum Gasteiger partial charge on any atom is -0.507 e. The van der Waals surface area contributed by atoms with Gasteiger partial charge in [-0.2, -0.15) is 0 Å². The van der Waals surface area contributed by atoms with Crippen LogP contribution in [0.3, 0.4) is 0 Å². The Kier molecular flexibility index (Phi) is 6.42. The van der Waals surface area contributed by atoms with Gasteiger partial charge in [0.05, 0.1) is 35.5 Å². The number of carbonyl (C=O) groups is 2. The molecule has 4 aromatic rings. The van der Waals surface area contributed by atoms with E-state index in [1.165, 1.54) is 30.2 Å². The van der Waals surface area contributed by atoms with Crippen LogP contribution in [0.4, 0.5) is 9.52 Å². The molecule has 2 aliphatic heterocycles. The number of ether oxygens (including phenoxy) is 3. The lowest BCUT2D eigenvalue weighted by Crippen LogP contribution is -2.29. The summed E-state index contributed by atoms with van der Waals surface area (Å²) in [7, 11) is 1.49. The second kappa shape index (κ2) is 9.95. The molecule has 10 heteroatoms. The summed E-state index contributed by atoms with van der Waals surface area (Å²) in [5.41, 5.74) is 2.19. The summed E-state index contributed by atoms with van der Waals surface area (Å²) in [5, 5.41) is 11.8. The molecule has 6 rings (SSSR count). The van der Waals surface area contributed by atoms with Crippen LogP contribution >= 0.6 is 11.3 Å². The fourth-order valence-electron chi connectivity index (χ4n) is 5.19. The molecule has 0 bridgehead atoms. The second-order valence-electron chi connectivity index (χ2n) is 9.58. The zero-order valence-electron chi connectivity index (χ0n) is 21.9. The number of halogens is 1. The largest absolute Gasteiger partial charge is 0.507 e. The molecule has 2 atom stereocenters. The number of rotatable bonds is 6. The van der Waals surface area contributed by atoms with Crippen LogP contribution in [-0.4, -0.2) is 41.6 Å². The highest BCUT2D eigenvalue weighted by atomic mass is 32.1. The lowest BCUT2D eigenvalue weighted by atomic mass is 9.94. The molecule has 1 fully saturated rings. The number of thiazole rings is 1. The van der Waals surface area contributed by atoms with Crippen molar-refractivity contribution in [2.75, 3.05) is 18.6 Å². The van der Waals surface area contributed by atoms with Crippen LogP contribution in [0.5, 0.6) is 17.2 Å². The maximum atomic E-state index is 13.9. The first-order chi connectivity index (χ1) is 19.3. The van der Waals surface area contributed by atoms with Crippen LogP contribution in [0.25, 0.3) is 16.0 Å². The molecule has 2 aliphatic rings. The molecule has 0 unspecified atom stereocenters. The highest BCUT2D eigenvalue weighted by Gasteiger charge is 2.48. The number of benzene rings is 3. The van der Waals surface area contributed by atoms with Crippen LogP contribution in [0, 0.1) is 5.82 Å². The molecule has 1 amide bonds. The Labute approximate surface area is 233 Å². The second-order valence-corrected chi connectivity index (χ2v) is 10.6. The first-order valence-electron chi connectivity index (χ1n) is 12.8. The third-order valence-electron chi connectivity index (χ3n) is 6.96. The number of fused-ring (bicyclic) bond motifs is 2. The molecule has 3 heterocycles. The number of aromatic nitrogens is 1. The quantitative estimate of drug-likeness (QED) is 0.181. The molecular formula is C30H25FN2O6S. The van der Waals surface area contributed by atoms with Crippen molar-refractivity contribution in [1.82, 2.24) is 4.98 Å². The van der Waals surface area contributed by atoms with Crippen LogP contribution in [0.15, 0.2) is 60.2 Å². The van der Waals surface area contributed by atoms with Gasteiger partial charge in [0, 0.05) is 12.0 Å². The van der Waals surface area contributed by atoms with E-state index in [1.807, 2.05) is 13.8 Å². The first-order valence-corrected chi connectivity index (χ1v) is 13.6. The van der Waals surface area contributed by atoms with Gasteiger partial charge >= 0.3 is 5.91 Å². The summed E-state index contributed by atoms with van der Waals surface area (Å²) in [6.45, 7) is 4.21. The zero-order chi connectivity index (χ0) is 28.1. The maximum absolute atomic E-state index is 13.9. The summed E-state index contributed by atoms with van der Waals surface area (Å²) in [6.07, 6.45) is 0.658. The molecule has 3 aromatic carbocycles. The molecule has 0 aliphatic carbocycles. The smallest absolute Gasteiger partial charge is 0.301 e.